The monoisotopic (exact) mass is 338 g/mol. The SMILES string of the molecule is CCC(CC)COc1ccc(Cl)cc1Cn1cc(C(O)O)cn1. The smallest absolute Gasteiger partial charge is 0.181 e. The third-order valence-electron chi connectivity index (χ3n) is 3.94. The van der Waals surface area contributed by atoms with Crippen molar-refractivity contribution in [2.24, 2.45) is 5.92 Å². The van der Waals surface area contributed by atoms with E-state index in [1.165, 1.54) is 6.20 Å². The van der Waals surface area contributed by atoms with Crippen LogP contribution in [0, 0.1) is 5.92 Å². The molecule has 1 heterocycles. The van der Waals surface area contributed by atoms with Gasteiger partial charge in [-0.05, 0) is 24.1 Å². The maximum Gasteiger partial charge on any atom is 0.181 e. The van der Waals surface area contributed by atoms with Crippen LogP contribution in [0.5, 0.6) is 5.75 Å². The first-order valence-corrected chi connectivity index (χ1v) is 8.21. The maximum absolute atomic E-state index is 9.16. The van der Waals surface area contributed by atoms with Gasteiger partial charge in [0.15, 0.2) is 6.29 Å². The third kappa shape index (κ3) is 4.96. The minimum Gasteiger partial charge on any atom is -0.493 e. The number of nitrogens with zero attached hydrogens (tertiary/aromatic N) is 2. The number of aliphatic hydroxyl groups is 2. The molecule has 0 unspecified atom stereocenters. The molecule has 2 N–H and O–H groups in total. The summed E-state index contributed by atoms with van der Waals surface area (Å²) in [4.78, 5) is 0. The third-order valence-corrected chi connectivity index (χ3v) is 4.17. The predicted molar refractivity (Wildman–Crippen MR) is 89.5 cm³/mol. The molecule has 126 valence electrons. The molecule has 0 spiro atoms. The molecular formula is C17H23ClN2O3. The van der Waals surface area contributed by atoms with Crippen molar-refractivity contribution in [1.29, 1.82) is 0 Å². The van der Waals surface area contributed by atoms with Gasteiger partial charge in [0.1, 0.15) is 5.75 Å². The van der Waals surface area contributed by atoms with E-state index >= 15 is 0 Å². The molecule has 0 aliphatic rings. The van der Waals surface area contributed by atoms with Crippen molar-refractivity contribution in [2.75, 3.05) is 6.61 Å². The van der Waals surface area contributed by atoms with E-state index in [1.807, 2.05) is 12.1 Å². The number of hydrogen-bond donors (Lipinski definition) is 2. The molecule has 0 radical (unpaired) electrons. The molecule has 0 aliphatic carbocycles. The highest BCUT2D eigenvalue weighted by atomic mass is 35.5. The van der Waals surface area contributed by atoms with E-state index in [-0.39, 0.29) is 0 Å². The normalized spacial score (nSPS) is 11.4. The first-order valence-electron chi connectivity index (χ1n) is 7.83. The molecule has 6 heteroatoms. The standard InChI is InChI=1S/C17H23ClN2O3/c1-3-12(4-2)11-23-16-6-5-15(18)7-13(16)9-20-10-14(8-19-20)17(21)22/h5-8,10,12,17,21-22H,3-4,9,11H2,1-2H3. The lowest BCUT2D eigenvalue weighted by Crippen LogP contribution is -2.12. The Kier molecular flexibility index (Phi) is 6.45. The molecule has 0 atom stereocenters. The van der Waals surface area contributed by atoms with Crippen LogP contribution in [0.4, 0.5) is 0 Å². The van der Waals surface area contributed by atoms with E-state index in [9.17, 15) is 0 Å². The van der Waals surface area contributed by atoms with Crippen LogP contribution in [0.25, 0.3) is 0 Å². The molecule has 1 aromatic carbocycles. The van der Waals surface area contributed by atoms with Crippen LogP contribution in [-0.2, 0) is 6.54 Å². The minimum absolute atomic E-state index is 0.353. The molecule has 1 aromatic heterocycles. The fraction of sp³-hybridized carbons (Fsp3) is 0.471. The molecular weight excluding hydrogens is 316 g/mol. The second-order valence-electron chi connectivity index (χ2n) is 5.59. The van der Waals surface area contributed by atoms with Gasteiger partial charge in [0.25, 0.3) is 0 Å². The molecule has 0 amide bonds. The van der Waals surface area contributed by atoms with Gasteiger partial charge in [-0.3, -0.25) is 4.68 Å². The van der Waals surface area contributed by atoms with Gasteiger partial charge < -0.3 is 14.9 Å². The number of hydrogen-bond acceptors (Lipinski definition) is 4. The Balaban J connectivity index is 2.14. The van der Waals surface area contributed by atoms with E-state index in [2.05, 4.69) is 18.9 Å². The Labute approximate surface area is 141 Å². The van der Waals surface area contributed by atoms with E-state index in [0.717, 1.165) is 24.2 Å². The van der Waals surface area contributed by atoms with E-state index in [1.54, 1.807) is 16.9 Å². The summed E-state index contributed by atoms with van der Waals surface area (Å²) in [6.07, 6.45) is 3.66. The first-order chi connectivity index (χ1) is 11.0. The summed E-state index contributed by atoms with van der Waals surface area (Å²) in [7, 11) is 0. The Morgan fingerprint density at radius 3 is 2.61 bits per heavy atom. The van der Waals surface area contributed by atoms with Gasteiger partial charge in [-0.1, -0.05) is 38.3 Å². The van der Waals surface area contributed by atoms with Gasteiger partial charge in [-0.25, -0.2) is 0 Å². The summed E-state index contributed by atoms with van der Waals surface area (Å²) in [5.74, 6) is 1.31. The quantitative estimate of drug-likeness (QED) is 0.724. The van der Waals surface area contributed by atoms with E-state index in [0.29, 0.717) is 29.7 Å². The van der Waals surface area contributed by atoms with Crippen LogP contribution >= 0.6 is 11.6 Å². The maximum atomic E-state index is 9.16. The van der Waals surface area contributed by atoms with Crippen LogP contribution in [-0.4, -0.2) is 26.6 Å². The summed E-state index contributed by atoms with van der Waals surface area (Å²) < 4.78 is 7.59. The fourth-order valence-electron chi connectivity index (χ4n) is 2.32. The highest BCUT2D eigenvalue weighted by Gasteiger charge is 2.11. The largest absolute Gasteiger partial charge is 0.493 e. The Morgan fingerprint density at radius 1 is 1.26 bits per heavy atom. The lowest BCUT2D eigenvalue weighted by Gasteiger charge is -2.16. The molecule has 5 nitrogen and oxygen atoms in total. The summed E-state index contributed by atoms with van der Waals surface area (Å²) in [5.41, 5.74) is 1.26. The molecule has 2 rings (SSSR count). The van der Waals surface area contributed by atoms with Crippen LogP contribution in [0.15, 0.2) is 30.6 Å². The van der Waals surface area contributed by atoms with Crippen LogP contribution < -0.4 is 4.74 Å². The Bertz CT molecular complexity index is 624. The second-order valence-corrected chi connectivity index (χ2v) is 6.03. The van der Waals surface area contributed by atoms with Gasteiger partial charge in [0.2, 0.25) is 0 Å². The molecule has 0 aliphatic heterocycles. The zero-order valence-electron chi connectivity index (χ0n) is 13.4. The Morgan fingerprint density at radius 2 is 2.00 bits per heavy atom. The van der Waals surface area contributed by atoms with E-state index < -0.39 is 6.29 Å². The number of halogens is 1. The summed E-state index contributed by atoms with van der Waals surface area (Å²) in [5, 5.41) is 23.1. The first kappa shape index (κ1) is 17.8. The van der Waals surface area contributed by atoms with Crippen molar-refractivity contribution < 1.29 is 14.9 Å². The number of benzene rings is 1. The summed E-state index contributed by atoms with van der Waals surface area (Å²) in [6, 6.07) is 5.52. The number of aliphatic hydroxyl groups excluding tert-OH is 1. The average Bonchev–Trinajstić information content (AvgIpc) is 2.99. The van der Waals surface area contributed by atoms with Crippen molar-refractivity contribution in [1.82, 2.24) is 9.78 Å². The van der Waals surface area contributed by atoms with Gasteiger partial charge in [-0.15, -0.1) is 0 Å². The predicted octanol–water partition coefficient (Wildman–Crippen LogP) is 3.38. The van der Waals surface area contributed by atoms with Gasteiger partial charge in [0, 0.05) is 22.3 Å². The highest BCUT2D eigenvalue weighted by Crippen LogP contribution is 2.25. The van der Waals surface area contributed by atoms with Gasteiger partial charge in [0.05, 0.1) is 19.3 Å². The second kappa shape index (κ2) is 8.34. The van der Waals surface area contributed by atoms with Crippen molar-refractivity contribution >= 4 is 11.6 Å². The zero-order valence-corrected chi connectivity index (χ0v) is 14.2. The van der Waals surface area contributed by atoms with E-state index in [4.69, 9.17) is 26.6 Å². The fourth-order valence-corrected chi connectivity index (χ4v) is 2.51. The number of rotatable bonds is 8. The summed E-state index contributed by atoms with van der Waals surface area (Å²) >= 11 is 6.09. The minimum atomic E-state index is -1.52. The van der Waals surface area contributed by atoms with Crippen molar-refractivity contribution in [3.05, 3.63) is 46.7 Å². The lowest BCUT2D eigenvalue weighted by atomic mass is 10.1. The van der Waals surface area contributed by atoms with Gasteiger partial charge in [-0.2, -0.15) is 5.10 Å². The van der Waals surface area contributed by atoms with Crippen molar-refractivity contribution in [3.8, 4) is 5.75 Å². The van der Waals surface area contributed by atoms with Crippen LogP contribution in [0.3, 0.4) is 0 Å². The molecule has 0 saturated heterocycles. The molecule has 2 aromatic rings. The van der Waals surface area contributed by atoms with Crippen LogP contribution in [0.1, 0.15) is 44.1 Å². The molecule has 0 bridgehead atoms. The molecule has 0 fully saturated rings. The summed E-state index contributed by atoms with van der Waals surface area (Å²) in [6.45, 7) is 5.43. The average molecular weight is 339 g/mol. The number of aromatic nitrogens is 2. The number of ether oxygens (including phenoxy) is 1. The van der Waals surface area contributed by atoms with Gasteiger partial charge >= 0.3 is 0 Å². The van der Waals surface area contributed by atoms with Crippen molar-refractivity contribution in [3.63, 3.8) is 0 Å². The molecule has 0 saturated carbocycles. The highest BCUT2D eigenvalue weighted by molar-refractivity contribution is 6.30. The van der Waals surface area contributed by atoms with Crippen molar-refractivity contribution in [2.45, 2.75) is 39.5 Å². The Hall–Kier alpha value is -1.56. The lowest BCUT2D eigenvalue weighted by molar-refractivity contribution is -0.0425. The van der Waals surface area contributed by atoms with Crippen LogP contribution in [0.2, 0.25) is 5.02 Å². The molecule has 23 heavy (non-hydrogen) atoms. The topological polar surface area (TPSA) is 67.5 Å². The zero-order chi connectivity index (χ0) is 16.8.